The molecule has 0 aliphatic heterocycles. The van der Waals surface area contributed by atoms with Crippen molar-refractivity contribution >= 4 is 5.96 Å². The van der Waals surface area contributed by atoms with E-state index in [4.69, 9.17) is 9.47 Å². The minimum Gasteiger partial charge on any atom is -0.493 e. The van der Waals surface area contributed by atoms with Gasteiger partial charge in [0.05, 0.1) is 27.3 Å². The van der Waals surface area contributed by atoms with Crippen molar-refractivity contribution in [1.29, 1.82) is 0 Å². The molecule has 2 aromatic rings. The summed E-state index contributed by atoms with van der Waals surface area (Å²) in [6.45, 7) is 5.25. The van der Waals surface area contributed by atoms with Crippen molar-refractivity contribution in [3.8, 4) is 11.5 Å². The molecule has 2 rings (SSSR count). The highest BCUT2D eigenvalue weighted by molar-refractivity contribution is 5.79. The Balaban J connectivity index is 2.11. The molecule has 0 aromatic heterocycles. The van der Waals surface area contributed by atoms with Gasteiger partial charge in [-0.25, -0.2) is 4.99 Å². The minimum absolute atomic E-state index is 0.331. The molecule has 2 aromatic carbocycles. The number of ether oxygens (including phenoxy) is 2. The van der Waals surface area contributed by atoms with Crippen LogP contribution in [0.25, 0.3) is 0 Å². The van der Waals surface area contributed by atoms with Crippen LogP contribution in [-0.2, 0) is 12.1 Å². The predicted molar refractivity (Wildman–Crippen MR) is 108 cm³/mol. The number of nitrogens with zero attached hydrogens (tertiary/aromatic N) is 1. The molecule has 0 heterocycles. The van der Waals surface area contributed by atoms with Gasteiger partial charge in [-0.1, -0.05) is 42.5 Å². The number of aliphatic hydroxyl groups is 1. The maximum absolute atomic E-state index is 10.8. The number of benzene rings is 2. The van der Waals surface area contributed by atoms with Gasteiger partial charge in [-0.15, -0.1) is 0 Å². The quantitative estimate of drug-likeness (QED) is 0.491. The second-order valence-corrected chi connectivity index (χ2v) is 6.34. The Kier molecular flexibility index (Phi) is 7.49. The number of methoxy groups -OCH3 is 2. The van der Waals surface area contributed by atoms with Crippen LogP contribution in [0.3, 0.4) is 0 Å². The third-order valence-electron chi connectivity index (χ3n) is 4.23. The zero-order chi connectivity index (χ0) is 19.7. The molecular weight excluding hydrogens is 342 g/mol. The molecule has 0 aliphatic rings. The first-order valence-electron chi connectivity index (χ1n) is 9.01. The summed E-state index contributed by atoms with van der Waals surface area (Å²) in [5, 5.41) is 17.2. The Morgan fingerprint density at radius 2 is 1.78 bits per heavy atom. The molecule has 0 spiro atoms. The Hall–Kier alpha value is -2.73. The van der Waals surface area contributed by atoms with Crippen molar-refractivity contribution in [3.63, 3.8) is 0 Å². The van der Waals surface area contributed by atoms with E-state index in [1.807, 2.05) is 55.5 Å². The molecule has 0 saturated carbocycles. The zero-order valence-corrected chi connectivity index (χ0v) is 16.5. The molecule has 0 saturated heterocycles. The van der Waals surface area contributed by atoms with E-state index in [1.54, 1.807) is 21.1 Å². The summed E-state index contributed by atoms with van der Waals surface area (Å²) in [5.74, 6) is 1.98. The van der Waals surface area contributed by atoms with Gasteiger partial charge in [-0.05, 0) is 25.5 Å². The van der Waals surface area contributed by atoms with Crippen LogP contribution in [0, 0.1) is 0 Å². The predicted octanol–water partition coefficient (Wildman–Crippen LogP) is 2.67. The Bertz CT molecular complexity index is 746. The van der Waals surface area contributed by atoms with Gasteiger partial charge in [0.15, 0.2) is 17.5 Å². The lowest BCUT2D eigenvalue weighted by Gasteiger charge is -2.25. The maximum Gasteiger partial charge on any atom is 0.191 e. The van der Waals surface area contributed by atoms with E-state index in [0.717, 1.165) is 11.1 Å². The van der Waals surface area contributed by atoms with Crippen LogP contribution in [0.5, 0.6) is 11.5 Å². The number of nitrogens with one attached hydrogen (secondary N) is 2. The Morgan fingerprint density at radius 3 is 2.41 bits per heavy atom. The van der Waals surface area contributed by atoms with Crippen molar-refractivity contribution in [3.05, 3.63) is 59.7 Å². The van der Waals surface area contributed by atoms with E-state index in [1.165, 1.54) is 0 Å². The van der Waals surface area contributed by atoms with Gasteiger partial charge >= 0.3 is 0 Å². The lowest BCUT2D eigenvalue weighted by Crippen LogP contribution is -2.44. The van der Waals surface area contributed by atoms with E-state index in [9.17, 15) is 5.11 Å². The van der Waals surface area contributed by atoms with Crippen molar-refractivity contribution in [2.75, 3.05) is 27.3 Å². The summed E-state index contributed by atoms with van der Waals surface area (Å²) in [7, 11) is 3.23. The van der Waals surface area contributed by atoms with E-state index < -0.39 is 5.60 Å². The second-order valence-electron chi connectivity index (χ2n) is 6.34. The van der Waals surface area contributed by atoms with Crippen LogP contribution in [0.15, 0.2) is 53.5 Å². The summed E-state index contributed by atoms with van der Waals surface area (Å²) < 4.78 is 10.8. The van der Waals surface area contributed by atoms with Gasteiger partial charge in [0.1, 0.15) is 5.60 Å². The topological polar surface area (TPSA) is 75.1 Å². The highest BCUT2D eigenvalue weighted by Crippen LogP contribution is 2.31. The first-order chi connectivity index (χ1) is 13.0. The first kappa shape index (κ1) is 20.6. The molecule has 0 aliphatic carbocycles. The molecule has 1 atom stereocenters. The van der Waals surface area contributed by atoms with Crippen LogP contribution in [-0.4, -0.2) is 38.4 Å². The molecule has 27 heavy (non-hydrogen) atoms. The first-order valence-corrected chi connectivity index (χ1v) is 9.01. The normalized spacial score (nSPS) is 13.6. The van der Waals surface area contributed by atoms with E-state index >= 15 is 0 Å². The van der Waals surface area contributed by atoms with Crippen LogP contribution < -0.4 is 20.1 Å². The second kappa shape index (κ2) is 9.83. The lowest BCUT2D eigenvalue weighted by atomic mass is 9.96. The lowest BCUT2D eigenvalue weighted by molar-refractivity contribution is 0.0617. The van der Waals surface area contributed by atoms with Gasteiger partial charge in [0, 0.05) is 12.1 Å². The summed E-state index contributed by atoms with van der Waals surface area (Å²) in [6.07, 6.45) is 0. The molecule has 6 heteroatoms. The highest BCUT2D eigenvalue weighted by Gasteiger charge is 2.23. The fourth-order valence-corrected chi connectivity index (χ4v) is 2.74. The molecule has 0 radical (unpaired) electrons. The number of para-hydroxylation sites is 1. The van der Waals surface area contributed by atoms with Crippen LogP contribution in [0.2, 0.25) is 0 Å². The molecule has 0 fully saturated rings. The van der Waals surface area contributed by atoms with Gasteiger partial charge in [0.2, 0.25) is 0 Å². The third-order valence-corrected chi connectivity index (χ3v) is 4.23. The molecule has 6 nitrogen and oxygen atoms in total. The Morgan fingerprint density at radius 1 is 1.04 bits per heavy atom. The summed E-state index contributed by atoms with van der Waals surface area (Å²) in [5.41, 5.74) is 0.761. The molecule has 3 N–H and O–H groups in total. The van der Waals surface area contributed by atoms with E-state index in [0.29, 0.717) is 37.1 Å². The SMILES string of the molecule is CCNC(=NCc1cccc(OC)c1OC)NCC(C)(O)c1ccccc1. The summed E-state index contributed by atoms with van der Waals surface area (Å²) in [6, 6.07) is 15.3. The van der Waals surface area contributed by atoms with Crippen LogP contribution >= 0.6 is 0 Å². The van der Waals surface area contributed by atoms with Crippen LogP contribution in [0.1, 0.15) is 25.0 Å². The maximum atomic E-state index is 10.8. The standard InChI is InChI=1S/C21H29N3O3/c1-5-22-20(24-15-21(2,25)17-11-7-6-8-12-17)23-14-16-10-9-13-18(26-3)19(16)27-4/h6-13,25H,5,14-15H2,1-4H3,(H2,22,23,24). The number of hydrogen-bond acceptors (Lipinski definition) is 4. The number of aliphatic imine (C=N–C) groups is 1. The largest absolute Gasteiger partial charge is 0.493 e. The van der Waals surface area contributed by atoms with Crippen LogP contribution in [0.4, 0.5) is 0 Å². The molecule has 146 valence electrons. The van der Waals surface area contributed by atoms with Crippen molar-refractivity contribution in [2.24, 2.45) is 4.99 Å². The minimum atomic E-state index is -1.01. The Labute approximate surface area is 161 Å². The molecule has 0 amide bonds. The third kappa shape index (κ3) is 5.62. The smallest absolute Gasteiger partial charge is 0.191 e. The number of rotatable bonds is 8. The summed E-state index contributed by atoms with van der Waals surface area (Å²) in [4.78, 5) is 4.61. The van der Waals surface area contributed by atoms with E-state index in [-0.39, 0.29) is 0 Å². The number of guanidine groups is 1. The van der Waals surface area contributed by atoms with Gasteiger partial charge in [-0.2, -0.15) is 0 Å². The average molecular weight is 371 g/mol. The molecular formula is C21H29N3O3. The fraction of sp³-hybridized carbons (Fsp3) is 0.381. The number of hydrogen-bond donors (Lipinski definition) is 3. The molecule has 1 unspecified atom stereocenters. The van der Waals surface area contributed by atoms with Crippen molar-refractivity contribution < 1.29 is 14.6 Å². The van der Waals surface area contributed by atoms with Gasteiger partial charge < -0.3 is 25.2 Å². The monoisotopic (exact) mass is 371 g/mol. The van der Waals surface area contributed by atoms with E-state index in [2.05, 4.69) is 15.6 Å². The fourth-order valence-electron chi connectivity index (χ4n) is 2.74. The molecule has 0 bridgehead atoms. The highest BCUT2D eigenvalue weighted by atomic mass is 16.5. The van der Waals surface area contributed by atoms with Crippen molar-refractivity contribution in [1.82, 2.24) is 10.6 Å². The van der Waals surface area contributed by atoms with Gasteiger partial charge in [-0.3, -0.25) is 0 Å². The zero-order valence-electron chi connectivity index (χ0n) is 16.5. The summed E-state index contributed by atoms with van der Waals surface area (Å²) >= 11 is 0. The van der Waals surface area contributed by atoms with Crippen molar-refractivity contribution in [2.45, 2.75) is 26.0 Å². The average Bonchev–Trinajstić information content (AvgIpc) is 2.70. The van der Waals surface area contributed by atoms with Gasteiger partial charge in [0.25, 0.3) is 0 Å².